The molecule has 0 radical (unpaired) electrons. The molecule has 0 aliphatic heterocycles. The normalized spacial score (nSPS) is 16.8. The molecular weight excluding hydrogens is 502 g/mol. The van der Waals surface area contributed by atoms with E-state index in [0.717, 1.165) is 56.2 Å². The van der Waals surface area contributed by atoms with Crippen molar-refractivity contribution in [1.82, 2.24) is 20.3 Å². The van der Waals surface area contributed by atoms with E-state index >= 15 is 0 Å². The van der Waals surface area contributed by atoms with Crippen molar-refractivity contribution in [3.8, 4) is 10.6 Å². The molecule has 6 nitrogen and oxygen atoms in total. The van der Waals surface area contributed by atoms with Crippen LogP contribution in [0, 0.1) is 25.7 Å². The maximum absolute atomic E-state index is 12.3. The molecule has 1 aliphatic carbocycles. The Balaban J connectivity index is 0.000000212. The van der Waals surface area contributed by atoms with E-state index in [4.69, 9.17) is 4.98 Å². The van der Waals surface area contributed by atoms with Gasteiger partial charge >= 0.3 is 0 Å². The Labute approximate surface area is 236 Å². The average Bonchev–Trinajstić information content (AvgIpc) is 3.32. The predicted molar refractivity (Wildman–Crippen MR) is 163 cm³/mol. The standard InChI is InChI=1S/C21H28N2OS.C11H13N3/c1-3-16-9-11-17(12-10-16)14-22-20(24)13-19-15(2)25-21(23-19)18-7-5-4-6-8-18;1-8-12-10-7-5-4-6-9(10)11(13-8)14(2)3/h4-8,16-17H,3,9-14H2,1-2H3,(H,22,24);4-7H,1-3H3. The Morgan fingerprint density at radius 1 is 0.923 bits per heavy atom. The predicted octanol–water partition coefficient (Wildman–Crippen LogP) is 7.00. The molecule has 5 rings (SSSR count). The molecule has 0 spiro atoms. The summed E-state index contributed by atoms with van der Waals surface area (Å²) >= 11 is 1.67. The molecule has 2 aromatic heterocycles. The molecule has 1 saturated carbocycles. The van der Waals surface area contributed by atoms with E-state index < -0.39 is 0 Å². The van der Waals surface area contributed by atoms with Crippen LogP contribution in [0.4, 0.5) is 5.82 Å². The van der Waals surface area contributed by atoms with Crippen LogP contribution in [0.25, 0.3) is 21.5 Å². The molecule has 0 unspecified atom stereocenters. The van der Waals surface area contributed by atoms with E-state index in [-0.39, 0.29) is 5.91 Å². The van der Waals surface area contributed by atoms with Gasteiger partial charge in [0.1, 0.15) is 16.6 Å². The first kappa shape index (κ1) is 28.7. The van der Waals surface area contributed by atoms with Crippen molar-refractivity contribution < 1.29 is 4.79 Å². The SMILES string of the molecule is CCC1CCC(CNC(=O)Cc2nc(-c3ccccc3)sc2C)CC1.Cc1nc(N(C)C)c2ccccc2n1. The van der Waals surface area contributed by atoms with E-state index in [9.17, 15) is 4.79 Å². The van der Waals surface area contributed by atoms with Crippen LogP contribution in [0.3, 0.4) is 0 Å². The fourth-order valence-corrected chi connectivity index (χ4v) is 6.06. The van der Waals surface area contributed by atoms with Gasteiger partial charge in [-0.15, -0.1) is 11.3 Å². The van der Waals surface area contributed by atoms with Gasteiger partial charge in [-0.25, -0.2) is 15.0 Å². The molecular formula is C32H41N5OS. The summed E-state index contributed by atoms with van der Waals surface area (Å²) in [5, 5.41) is 5.23. The molecule has 7 heteroatoms. The molecule has 2 aromatic carbocycles. The van der Waals surface area contributed by atoms with Crippen LogP contribution < -0.4 is 10.2 Å². The van der Waals surface area contributed by atoms with Gasteiger partial charge in [0.05, 0.1) is 17.6 Å². The number of aromatic nitrogens is 3. The second-order valence-electron chi connectivity index (χ2n) is 10.7. The Hall–Kier alpha value is -3.32. The van der Waals surface area contributed by atoms with E-state index in [0.29, 0.717) is 12.3 Å². The van der Waals surface area contributed by atoms with Gasteiger partial charge < -0.3 is 10.2 Å². The van der Waals surface area contributed by atoms with Crippen LogP contribution >= 0.6 is 11.3 Å². The van der Waals surface area contributed by atoms with Crippen LogP contribution in [-0.2, 0) is 11.2 Å². The van der Waals surface area contributed by atoms with Crippen LogP contribution in [0.15, 0.2) is 54.6 Å². The van der Waals surface area contributed by atoms with Crippen molar-refractivity contribution in [2.24, 2.45) is 11.8 Å². The minimum Gasteiger partial charge on any atom is -0.362 e. The third kappa shape index (κ3) is 7.85. The number of rotatable bonds is 7. The van der Waals surface area contributed by atoms with E-state index in [2.05, 4.69) is 41.3 Å². The molecule has 4 aromatic rings. The number of amides is 1. The Morgan fingerprint density at radius 3 is 2.28 bits per heavy atom. The number of anilines is 1. The highest BCUT2D eigenvalue weighted by atomic mass is 32.1. The number of nitrogens with zero attached hydrogens (tertiary/aromatic N) is 4. The van der Waals surface area contributed by atoms with E-state index in [1.807, 2.05) is 68.4 Å². The maximum atomic E-state index is 12.3. The van der Waals surface area contributed by atoms with Gasteiger partial charge in [-0.05, 0) is 50.7 Å². The number of benzene rings is 2. The number of para-hydroxylation sites is 1. The van der Waals surface area contributed by atoms with Crippen molar-refractivity contribution >= 4 is 34.0 Å². The number of thiazole rings is 1. The lowest BCUT2D eigenvalue weighted by Gasteiger charge is -2.27. The van der Waals surface area contributed by atoms with Gasteiger partial charge in [-0.1, -0.05) is 68.7 Å². The molecule has 0 saturated heterocycles. The van der Waals surface area contributed by atoms with Crippen molar-refractivity contribution in [3.05, 3.63) is 71.0 Å². The number of aryl methyl sites for hydroxylation is 2. The fraction of sp³-hybridized carbons (Fsp3) is 0.438. The summed E-state index contributed by atoms with van der Waals surface area (Å²) in [6.07, 6.45) is 6.84. The lowest BCUT2D eigenvalue weighted by molar-refractivity contribution is -0.120. The number of fused-ring (bicyclic) bond motifs is 1. The summed E-state index contributed by atoms with van der Waals surface area (Å²) in [6, 6.07) is 18.2. The minimum atomic E-state index is 0.102. The summed E-state index contributed by atoms with van der Waals surface area (Å²) in [5.41, 5.74) is 3.04. The number of nitrogens with one attached hydrogen (secondary N) is 1. The second kappa shape index (κ2) is 13.7. The van der Waals surface area contributed by atoms with Gasteiger partial charge in [0.15, 0.2) is 0 Å². The molecule has 1 fully saturated rings. The van der Waals surface area contributed by atoms with Gasteiger partial charge in [0.25, 0.3) is 0 Å². The van der Waals surface area contributed by atoms with Crippen LogP contribution in [-0.4, -0.2) is 41.5 Å². The van der Waals surface area contributed by atoms with Crippen LogP contribution in [0.5, 0.6) is 0 Å². The zero-order valence-corrected chi connectivity index (χ0v) is 24.7. The summed E-state index contributed by atoms with van der Waals surface area (Å²) in [4.78, 5) is 29.0. The minimum absolute atomic E-state index is 0.102. The number of carbonyl (C=O) groups excluding carboxylic acids is 1. The third-order valence-corrected chi connectivity index (χ3v) is 8.55. The number of hydrogen-bond donors (Lipinski definition) is 1. The molecule has 206 valence electrons. The first-order valence-electron chi connectivity index (χ1n) is 14.0. The van der Waals surface area contributed by atoms with Crippen LogP contribution in [0.2, 0.25) is 0 Å². The summed E-state index contributed by atoms with van der Waals surface area (Å²) in [6.45, 7) is 7.08. The van der Waals surface area contributed by atoms with Crippen molar-refractivity contribution in [3.63, 3.8) is 0 Å². The average molecular weight is 544 g/mol. The molecule has 0 bridgehead atoms. The Kier molecular flexibility index (Phi) is 10.0. The molecule has 0 atom stereocenters. The van der Waals surface area contributed by atoms with Crippen molar-refractivity contribution in [2.75, 3.05) is 25.5 Å². The Morgan fingerprint density at radius 2 is 1.59 bits per heavy atom. The maximum Gasteiger partial charge on any atom is 0.226 e. The van der Waals surface area contributed by atoms with Gasteiger partial charge in [0.2, 0.25) is 5.91 Å². The van der Waals surface area contributed by atoms with E-state index in [1.165, 1.54) is 32.1 Å². The van der Waals surface area contributed by atoms with Crippen LogP contribution in [0.1, 0.15) is 55.4 Å². The first-order valence-corrected chi connectivity index (χ1v) is 14.8. The largest absolute Gasteiger partial charge is 0.362 e. The van der Waals surface area contributed by atoms with Gasteiger partial charge in [0, 0.05) is 36.5 Å². The smallest absolute Gasteiger partial charge is 0.226 e. The van der Waals surface area contributed by atoms with Gasteiger partial charge in [-0.3, -0.25) is 4.79 Å². The monoisotopic (exact) mass is 543 g/mol. The summed E-state index contributed by atoms with van der Waals surface area (Å²) < 4.78 is 0. The zero-order chi connectivity index (χ0) is 27.8. The molecule has 1 N–H and O–H groups in total. The fourth-order valence-electron chi connectivity index (χ4n) is 5.13. The van der Waals surface area contributed by atoms with E-state index in [1.54, 1.807) is 11.3 Å². The lowest BCUT2D eigenvalue weighted by atomic mass is 9.81. The summed E-state index contributed by atoms with van der Waals surface area (Å²) in [7, 11) is 3.99. The zero-order valence-electron chi connectivity index (χ0n) is 23.9. The van der Waals surface area contributed by atoms with Crippen molar-refractivity contribution in [2.45, 2.75) is 59.3 Å². The molecule has 1 aliphatic rings. The highest BCUT2D eigenvalue weighted by molar-refractivity contribution is 7.15. The van der Waals surface area contributed by atoms with Gasteiger partial charge in [-0.2, -0.15) is 0 Å². The molecule has 2 heterocycles. The topological polar surface area (TPSA) is 71.0 Å². The highest BCUT2D eigenvalue weighted by Crippen LogP contribution is 2.30. The lowest BCUT2D eigenvalue weighted by Crippen LogP contribution is -2.32. The Bertz CT molecular complexity index is 1360. The highest BCUT2D eigenvalue weighted by Gasteiger charge is 2.21. The molecule has 39 heavy (non-hydrogen) atoms. The third-order valence-electron chi connectivity index (χ3n) is 7.49. The summed E-state index contributed by atoms with van der Waals surface area (Å²) in [5.74, 6) is 3.45. The number of hydrogen-bond acceptors (Lipinski definition) is 6. The quantitative estimate of drug-likeness (QED) is 0.272. The first-order chi connectivity index (χ1) is 18.8. The number of carbonyl (C=O) groups is 1. The molecule has 1 amide bonds. The second-order valence-corrected chi connectivity index (χ2v) is 11.9. The van der Waals surface area contributed by atoms with Crippen molar-refractivity contribution in [1.29, 1.82) is 0 Å².